The number of carbonyl (C=O) groups is 1. The SMILES string of the molecule is Cn1nc(C(=O)OCCOc2ccc(Cl)cc2)c2ccccc2c1=O. The molecule has 3 aromatic rings. The summed E-state index contributed by atoms with van der Waals surface area (Å²) in [6.07, 6.45) is 0. The molecule has 0 aliphatic rings. The molecule has 0 aliphatic heterocycles. The maximum atomic E-state index is 12.3. The number of rotatable bonds is 5. The van der Waals surface area contributed by atoms with Crippen molar-refractivity contribution in [2.45, 2.75) is 0 Å². The average molecular weight is 359 g/mol. The van der Waals surface area contributed by atoms with Gasteiger partial charge in [-0.1, -0.05) is 29.8 Å². The van der Waals surface area contributed by atoms with Gasteiger partial charge in [-0.2, -0.15) is 5.10 Å². The van der Waals surface area contributed by atoms with E-state index in [0.29, 0.717) is 21.5 Å². The summed E-state index contributed by atoms with van der Waals surface area (Å²) in [6, 6.07) is 13.7. The van der Waals surface area contributed by atoms with Crippen LogP contribution >= 0.6 is 11.6 Å². The number of hydrogen-bond acceptors (Lipinski definition) is 5. The molecule has 1 aromatic heterocycles. The highest BCUT2D eigenvalue weighted by Gasteiger charge is 2.16. The van der Waals surface area contributed by atoms with Crippen molar-refractivity contribution < 1.29 is 14.3 Å². The Kier molecular flexibility index (Phi) is 5.00. The second-order valence-corrected chi connectivity index (χ2v) is 5.70. The first-order valence-electron chi connectivity index (χ1n) is 7.58. The number of esters is 1. The second-order valence-electron chi connectivity index (χ2n) is 5.26. The molecule has 0 aliphatic carbocycles. The summed E-state index contributed by atoms with van der Waals surface area (Å²) in [7, 11) is 1.50. The molecule has 7 heteroatoms. The zero-order valence-electron chi connectivity index (χ0n) is 13.4. The fourth-order valence-electron chi connectivity index (χ4n) is 2.34. The fraction of sp³-hybridized carbons (Fsp3) is 0.167. The number of aryl methyl sites for hydroxylation is 1. The van der Waals surface area contributed by atoms with E-state index in [9.17, 15) is 9.59 Å². The number of aromatic nitrogens is 2. The molecule has 0 radical (unpaired) electrons. The van der Waals surface area contributed by atoms with E-state index in [2.05, 4.69) is 5.10 Å². The van der Waals surface area contributed by atoms with Gasteiger partial charge in [-0.3, -0.25) is 4.79 Å². The summed E-state index contributed by atoms with van der Waals surface area (Å²) >= 11 is 5.80. The molecular formula is C18H15ClN2O4. The van der Waals surface area contributed by atoms with Gasteiger partial charge in [0.2, 0.25) is 0 Å². The van der Waals surface area contributed by atoms with Crippen molar-refractivity contribution in [3.05, 3.63) is 69.6 Å². The van der Waals surface area contributed by atoms with Gasteiger partial charge in [0.1, 0.15) is 19.0 Å². The van der Waals surface area contributed by atoms with Crippen LogP contribution < -0.4 is 10.3 Å². The van der Waals surface area contributed by atoms with Crippen LogP contribution in [0.4, 0.5) is 0 Å². The van der Waals surface area contributed by atoms with E-state index in [1.54, 1.807) is 48.5 Å². The van der Waals surface area contributed by atoms with E-state index in [0.717, 1.165) is 4.68 Å². The molecule has 2 aromatic carbocycles. The molecule has 6 nitrogen and oxygen atoms in total. The van der Waals surface area contributed by atoms with Gasteiger partial charge in [0.15, 0.2) is 5.69 Å². The quantitative estimate of drug-likeness (QED) is 0.518. The zero-order chi connectivity index (χ0) is 17.8. The van der Waals surface area contributed by atoms with Crippen molar-refractivity contribution in [3.63, 3.8) is 0 Å². The maximum absolute atomic E-state index is 12.3. The second kappa shape index (κ2) is 7.36. The van der Waals surface area contributed by atoms with Gasteiger partial charge in [-0.15, -0.1) is 0 Å². The zero-order valence-corrected chi connectivity index (χ0v) is 14.2. The lowest BCUT2D eigenvalue weighted by Gasteiger charge is -2.09. The van der Waals surface area contributed by atoms with E-state index >= 15 is 0 Å². The molecule has 0 N–H and O–H groups in total. The Bertz CT molecular complexity index is 967. The summed E-state index contributed by atoms with van der Waals surface area (Å²) in [5.74, 6) is 0.0256. The molecule has 0 fully saturated rings. The van der Waals surface area contributed by atoms with Gasteiger partial charge in [0.25, 0.3) is 5.56 Å². The summed E-state index contributed by atoms with van der Waals surface area (Å²) in [5.41, 5.74) is -0.164. The minimum absolute atomic E-state index is 0.0559. The van der Waals surface area contributed by atoms with Gasteiger partial charge < -0.3 is 9.47 Å². The first kappa shape index (κ1) is 17.0. The molecule has 0 spiro atoms. The highest BCUT2D eigenvalue weighted by Crippen LogP contribution is 2.16. The lowest BCUT2D eigenvalue weighted by Crippen LogP contribution is -2.24. The standard InChI is InChI=1S/C18H15ClN2O4/c1-21-17(22)15-5-3-2-4-14(15)16(20-21)18(23)25-11-10-24-13-8-6-12(19)7-9-13/h2-9H,10-11H2,1H3. The summed E-state index contributed by atoms with van der Waals surface area (Å²) in [5, 5.41) is 5.53. The summed E-state index contributed by atoms with van der Waals surface area (Å²) in [4.78, 5) is 24.4. The predicted molar refractivity (Wildman–Crippen MR) is 94.2 cm³/mol. The molecule has 0 unspecified atom stereocenters. The van der Waals surface area contributed by atoms with Crippen LogP contribution in [0.15, 0.2) is 53.3 Å². The Labute approximate surface area is 148 Å². The first-order chi connectivity index (χ1) is 12.1. The van der Waals surface area contributed by atoms with Crippen LogP contribution in [-0.2, 0) is 11.8 Å². The number of nitrogens with zero attached hydrogens (tertiary/aromatic N) is 2. The normalized spacial score (nSPS) is 10.6. The number of ether oxygens (including phenoxy) is 2. The molecule has 25 heavy (non-hydrogen) atoms. The van der Waals surface area contributed by atoms with Crippen molar-refractivity contribution in [1.82, 2.24) is 9.78 Å². The maximum Gasteiger partial charge on any atom is 0.359 e. The average Bonchev–Trinajstić information content (AvgIpc) is 2.63. The minimum atomic E-state index is -0.605. The van der Waals surface area contributed by atoms with Gasteiger partial charge in [-0.05, 0) is 30.3 Å². The van der Waals surface area contributed by atoms with Gasteiger partial charge in [-0.25, -0.2) is 9.48 Å². The summed E-state index contributed by atoms with van der Waals surface area (Å²) in [6.45, 7) is 0.247. The van der Waals surface area contributed by atoms with Crippen molar-refractivity contribution >= 4 is 28.3 Å². The van der Waals surface area contributed by atoms with Crippen LogP contribution in [0.25, 0.3) is 10.8 Å². The first-order valence-corrected chi connectivity index (χ1v) is 7.95. The largest absolute Gasteiger partial charge is 0.490 e. The Morgan fingerprint density at radius 3 is 2.48 bits per heavy atom. The van der Waals surface area contributed by atoms with E-state index in [1.165, 1.54) is 7.05 Å². The molecule has 0 saturated carbocycles. The fourth-order valence-corrected chi connectivity index (χ4v) is 2.47. The van der Waals surface area contributed by atoms with Crippen LogP contribution in [0.5, 0.6) is 5.75 Å². The molecule has 1 heterocycles. The number of hydrogen-bond donors (Lipinski definition) is 0. The van der Waals surface area contributed by atoms with Gasteiger partial charge >= 0.3 is 5.97 Å². The van der Waals surface area contributed by atoms with Crippen LogP contribution in [0.1, 0.15) is 10.5 Å². The van der Waals surface area contributed by atoms with Crippen molar-refractivity contribution in [2.75, 3.05) is 13.2 Å². The smallest absolute Gasteiger partial charge is 0.359 e. The van der Waals surface area contributed by atoms with Crippen molar-refractivity contribution in [3.8, 4) is 5.75 Å². The third-order valence-electron chi connectivity index (χ3n) is 3.55. The Morgan fingerprint density at radius 2 is 1.76 bits per heavy atom. The lowest BCUT2D eigenvalue weighted by atomic mass is 10.1. The van der Waals surface area contributed by atoms with E-state index < -0.39 is 5.97 Å². The van der Waals surface area contributed by atoms with E-state index in [-0.39, 0.29) is 24.5 Å². The van der Waals surface area contributed by atoms with Crippen molar-refractivity contribution in [1.29, 1.82) is 0 Å². The van der Waals surface area contributed by atoms with Crippen molar-refractivity contribution in [2.24, 2.45) is 7.05 Å². The highest BCUT2D eigenvalue weighted by atomic mass is 35.5. The number of fused-ring (bicyclic) bond motifs is 1. The highest BCUT2D eigenvalue weighted by molar-refractivity contribution is 6.30. The van der Waals surface area contributed by atoms with Gasteiger partial charge in [0.05, 0.1) is 5.39 Å². The molecule has 0 bridgehead atoms. The Hall–Kier alpha value is -2.86. The molecule has 0 saturated heterocycles. The third kappa shape index (κ3) is 3.80. The molecule has 0 atom stereocenters. The van der Waals surface area contributed by atoms with E-state index in [1.807, 2.05) is 0 Å². The Morgan fingerprint density at radius 1 is 1.08 bits per heavy atom. The number of carbonyl (C=O) groups excluding carboxylic acids is 1. The van der Waals surface area contributed by atoms with Crippen LogP contribution in [0.2, 0.25) is 5.02 Å². The predicted octanol–water partition coefficient (Wildman–Crippen LogP) is 2.82. The minimum Gasteiger partial charge on any atom is -0.490 e. The number of benzene rings is 2. The van der Waals surface area contributed by atoms with Crippen LogP contribution in [0.3, 0.4) is 0 Å². The van der Waals surface area contributed by atoms with Crippen LogP contribution in [-0.4, -0.2) is 29.0 Å². The molecular weight excluding hydrogens is 344 g/mol. The Balaban J connectivity index is 1.67. The molecule has 0 amide bonds. The monoisotopic (exact) mass is 358 g/mol. The topological polar surface area (TPSA) is 70.4 Å². The lowest BCUT2D eigenvalue weighted by molar-refractivity contribution is 0.0443. The molecule has 3 rings (SSSR count). The van der Waals surface area contributed by atoms with Gasteiger partial charge in [0, 0.05) is 17.5 Å². The summed E-state index contributed by atoms with van der Waals surface area (Å²) < 4.78 is 11.8. The van der Waals surface area contributed by atoms with Crippen LogP contribution in [0, 0.1) is 0 Å². The van der Waals surface area contributed by atoms with E-state index in [4.69, 9.17) is 21.1 Å². The third-order valence-corrected chi connectivity index (χ3v) is 3.80. The number of halogens is 1. The molecule has 128 valence electrons.